The molecule has 0 aromatic carbocycles. The molecule has 0 heterocycles. The van der Waals surface area contributed by atoms with Gasteiger partial charge in [0.05, 0.1) is 10.8 Å². The van der Waals surface area contributed by atoms with Crippen molar-refractivity contribution < 1.29 is 19.1 Å². The Kier molecular flexibility index (Phi) is 4.61. The van der Waals surface area contributed by atoms with Crippen molar-refractivity contribution in [3.63, 3.8) is 0 Å². The van der Waals surface area contributed by atoms with Crippen molar-refractivity contribution in [2.75, 3.05) is 0 Å². The standard InChI is InChI=1S/C18H30O4/c1-17(2,3)15(19)21-13-11-7-9-12(10-8-11)14(13)22-16(20)18(4,5)6/h11-14H,7-10H2,1-6H3. The van der Waals surface area contributed by atoms with Gasteiger partial charge in [-0.25, -0.2) is 0 Å². The molecule has 22 heavy (non-hydrogen) atoms. The van der Waals surface area contributed by atoms with Gasteiger partial charge in [-0.2, -0.15) is 0 Å². The molecule has 0 spiro atoms. The number of rotatable bonds is 2. The second kappa shape index (κ2) is 5.86. The van der Waals surface area contributed by atoms with Crippen molar-refractivity contribution in [3.8, 4) is 0 Å². The normalized spacial score (nSPS) is 31.7. The van der Waals surface area contributed by atoms with E-state index < -0.39 is 10.8 Å². The fourth-order valence-electron chi connectivity index (χ4n) is 3.27. The molecule has 2 atom stereocenters. The first-order valence-electron chi connectivity index (χ1n) is 8.42. The molecular weight excluding hydrogens is 280 g/mol. The molecule has 0 aliphatic heterocycles. The molecule has 0 N–H and O–H groups in total. The molecule has 3 rings (SSSR count). The number of carbonyl (C=O) groups excluding carboxylic acids is 2. The van der Waals surface area contributed by atoms with E-state index >= 15 is 0 Å². The highest BCUT2D eigenvalue weighted by Crippen LogP contribution is 2.45. The molecule has 0 saturated heterocycles. The highest BCUT2D eigenvalue weighted by molar-refractivity contribution is 5.76. The summed E-state index contributed by atoms with van der Waals surface area (Å²) in [6.07, 6.45) is 3.72. The molecule has 4 nitrogen and oxygen atoms in total. The summed E-state index contributed by atoms with van der Waals surface area (Å²) >= 11 is 0. The number of ether oxygens (including phenoxy) is 2. The zero-order chi connectivity index (χ0) is 16.7. The quantitative estimate of drug-likeness (QED) is 0.729. The predicted molar refractivity (Wildman–Crippen MR) is 84.1 cm³/mol. The summed E-state index contributed by atoms with van der Waals surface area (Å²) in [6, 6.07) is 0. The molecule has 2 unspecified atom stereocenters. The lowest BCUT2D eigenvalue weighted by molar-refractivity contribution is -0.201. The van der Waals surface area contributed by atoms with E-state index in [1.165, 1.54) is 0 Å². The second-order valence-electron chi connectivity index (χ2n) is 8.91. The summed E-state index contributed by atoms with van der Waals surface area (Å²) < 4.78 is 11.6. The van der Waals surface area contributed by atoms with Gasteiger partial charge in [0.15, 0.2) is 0 Å². The number of hydrogen-bond acceptors (Lipinski definition) is 4. The Morgan fingerprint density at radius 3 is 1.18 bits per heavy atom. The van der Waals surface area contributed by atoms with Crippen molar-refractivity contribution >= 4 is 11.9 Å². The Morgan fingerprint density at radius 2 is 0.955 bits per heavy atom. The molecular formula is C18H30O4. The molecule has 126 valence electrons. The molecule has 0 amide bonds. The van der Waals surface area contributed by atoms with Gasteiger partial charge in [-0.05, 0) is 79.1 Å². The SMILES string of the molecule is CC(C)(C)C(=O)OC1C2CCC(CC2)C1OC(=O)C(C)(C)C. The van der Waals surface area contributed by atoms with Crippen LogP contribution < -0.4 is 0 Å². The average Bonchev–Trinajstić information content (AvgIpc) is 2.40. The minimum absolute atomic E-state index is 0.207. The lowest BCUT2D eigenvalue weighted by Gasteiger charge is -2.47. The smallest absolute Gasteiger partial charge is 0.311 e. The van der Waals surface area contributed by atoms with E-state index in [9.17, 15) is 9.59 Å². The molecule has 4 heteroatoms. The number of fused-ring (bicyclic) bond motifs is 3. The Bertz CT molecular complexity index is 391. The summed E-state index contributed by atoms with van der Waals surface area (Å²) in [4.78, 5) is 24.5. The third-order valence-electron chi connectivity index (χ3n) is 4.78. The van der Waals surface area contributed by atoms with Crippen LogP contribution in [0.25, 0.3) is 0 Å². The fourth-order valence-corrected chi connectivity index (χ4v) is 3.27. The average molecular weight is 310 g/mol. The van der Waals surface area contributed by atoms with Crippen molar-refractivity contribution in [2.24, 2.45) is 22.7 Å². The predicted octanol–water partition coefficient (Wildman–Crippen LogP) is 3.72. The van der Waals surface area contributed by atoms with Gasteiger partial charge in [-0.3, -0.25) is 9.59 Å². The molecule has 3 saturated carbocycles. The summed E-state index contributed by atoms with van der Waals surface area (Å²) in [5.41, 5.74) is -1.06. The highest BCUT2D eigenvalue weighted by Gasteiger charge is 2.49. The molecule has 3 aliphatic carbocycles. The first-order chi connectivity index (χ1) is 10.00. The summed E-state index contributed by atoms with van der Waals surface area (Å²) in [5.74, 6) is 0.242. The van der Waals surface area contributed by atoms with Crippen LogP contribution in [0.15, 0.2) is 0 Å². The maximum Gasteiger partial charge on any atom is 0.311 e. The van der Waals surface area contributed by atoms with Gasteiger partial charge in [0.1, 0.15) is 12.2 Å². The van der Waals surface area contributed by atoms with Crippen LogP contribution in [0.5, 0.6) is 0 Å². The van der Waals surface area contributed by atoms with E-state index in [4.69, 9.17) is 9.47 Å². The molecule has 2 bridgehead atoms. The number of hydrogen-bond donors (Lipinski definition) is 0. The maximum atomic E-state index is 12.3. The Labute approximate surface area is 133 Å². The molecule has 3 aliphatic rings. The van der Waals surface area contributed by atoms with Gasteiger partial charge in [0.25, 0.3) is 0 Å². The van der Waals surface area contributed by atoms with Crippen LogP contribution in [-0.2, 0) is 19.1 Å². The second-order valence-corrected chi connectivity index (χ2v) is 8.91. The van der Waals surface area contributed by atoms with Gasteiger partial charge < -0.3 is 9.47 Å². The summed E-state index contributed by atoms with van der Waals surface area (Å²) in [7, 11) is 0. The fraction of sp³-hybridized carbons (Fsp3) is 0.889. The molecule has 0 aromatic rings. The molecule has 0 aromatic heterocycles. The zero-order valence-corrected chi connectivity index (χ0v) is 14.8. The largest absolute Gasteiger partial charge is 0.458 e. The van der Waals surface area contributed by atoms with Crippen LogP contribution in [-0.4, -0.2) is 24.1 Å². The molecule has 0 radical (unpaired) electrons. The van der Waals surface area contributed by atoms with E-state index in [0.29, 0.717) is 11.8 Å². The number of esters is 2. The van der Waals surface area contributed by atoms with E-state index in [1.807, 2.05) is 41.5 Å². The maximum absolute atomic E-state index is 12.3. The number of carbonyl (C=O) groups is 2. The molecule has 3 fully saturated rings. The van der Waals surface area contributed by atoms with Crippen LogP contribution in [0.2, 0.25) is 0 Å². The lowest BCUT2D eigenvalue weighted by Crippen LogP contribution is -2.53. The van der Waals surface area contributed by atoms with Crippen molar-refractivity contribution in [2.45, 2.75) is 79.4 Å². The minimum atomic E-state index is -0.532. The monoisotopic (exact) mass is 310 g/mol. The minimum Gasteiger partial charge on any atom is -0.458 e. The van der Waals surface area contributed by atoms with Crippen LogP contribution in [0.1, 0.15) is 67.2 Å². The first-order valence-corrected chi connectivity index (χ1v) is 8.42. The van der Waals surface area contributed by atoms with Crippen LogP contribution in [0.3, 0.4) is 0 Å². The lowest BCUT2D eigenvalue weighted by atomic mass is 9.67. The van der Waals surface area contributed by atoms with Crippen LogP contribution >= 0.6 is 0 Å². The summed E-state index contributed by atoms with van der Waals surface area (Å²) in [6.45, 7) is 11.1. The van der Waals surface area contributed by atoms with Gasteiger partial charge in [-0.15, -0.1) is 0 Å². The van der Waals surface area contributed by atoms with Gasteiger partial charge in [-0.1, -0.05) is 0 Å². The van der Waals surface area contributed by atoms with E-state index in [0.717, 1.165) is 25.7 Å². The third kappa shape index (κ3) is 3.64. The Morgan fingerprint density at radius 1 is 0.682 bits per heavy atom. The first kappa shape index (κ1) is 17.3. The van der Waals surface area contributed by atoms with Crippen LogP contribution in [0, 0.1) is 22.7 Å². The topological polar surface area (TPSA) is 52.6 Å². The van der Waals surface area contributed by atoms with E-state index in [1.54, 1.807) is 0 Å². The van der Waals surface area contributed by atoms with Crippen LogP contribution in [0.4, 0.5) is 0 Å². The van der Waals surface area contributed by atoms with E-state index in [2.05, 4.69) is 0 Å². The van der Waals surface area contributed by atoms with E-state index in [-0.39, 0.29) is 24.1 Å². The van der Waals surface area contributed by atoms with Gasteiger partial charge >= 0.3 is 11.9 Å². The van der Waals surface area contributed by atoms with Crippen molar-refractivity contribution in [1.29, 1.82) is 0 Å². The zero-order valence-electron chi connectivity index (χ0n) is 14.8. The summed E-state index contributed by atoms with van der Waals surface area (Å²) in [5, 5.41) is 0. The highest BCUT2D eigenvalue weighted by atomic mass is 16.6. The van der Waals surface area contributed by atoms with Gasteiger partial charge in [0.2, 0.25) is 0 Å². The Balaban J connectivity index is 2.14. The Hall–Kier alpha value is -1.06. The van der Waals surface area contributed by atoms with Gasteiger partial charge in [0, 0.05) is 0 Å². The van der Waals surface area contributed by atoms with Crippen molar-refractivity contribution in [3.05, 3.63) is 0 Å². The van der Waals surface area contributed by atoms with Crippen molar-refractivity contribution in [1.82, 2.24) is 0 Å². The third-order valence-corrected chi connectivity index (χ3v) is 4.78.